The lowest BCUT2D eigenvalue weighted by Crippen LogP contribution is -2.47. The van der Waals surface area contributed by atoms with Crippen LogP contribution in [0.1, 0.15) is 39.0 Å². The molecule has 3 N–H and O–H groups in total. The van der Waals surface area contributed by atoms with Gasteiger partial charge in [0.05, 0.1) is 6.42 Å². The first-order valence-electron chi connectivity index (χ1n) is 6.29. The maximum atomic E-state index is 11.7. The van der Waals surface area contributed by atoms with Crippen molar-refractivity contribution in [1.82, 2.24) is 10.6 Å². The van der Waals surface area contributed by atoms with E-state index in [2.05, 4.69) is 16.6 Å². The smallest absolute Gasteiger partial charge is 0.315 e. The largest absolute Gasteiger partial charge is 0.481 e. The third-order valence-corrected chi connectivity index (χ3v) is 3.09. The minimum atomic E-state index is -0.886. The highest BCUT2D eigenvalue weighted by Crippen LogP contribution is 2.33. The Morgan fingerprint density at radius 2 is 2.11 bits per heavy atom. The second-order valence-corrected chi connectivity index (χ2v) is 4.67. The first-order chi connectivity index (χ1) is 8.56. The molecule has 0 aromatic carbocycles. The average molecular weight is 252 g/mol. The van der Waals surface area contributed by atoms with Gasteiger partial charge >= 0.3 is 12.0 Å². The summed E-state index contributed by atoms with van der Waals surface area (Å²) in [6.07, 6.45) is 8.39. The van der Waals surface area contributed by atoms with Crippen LogP contribution in [-0.4, -0.2) is 29.2 Å². The minimum Gasteiger partial charge on any atom is -0.481 e. The minimum absolute atomic E-state index is 0.0238. The standard InChI is InChI=1S/C13H20N2O3/c1-3-5-10(4-2)14-13(18)15-11(8-12(16)17)9-6-7-9/h1,9-11H,4-8H2,2H3,(H,16,17)(H2,14,15,18). The van der Waals surface area contributed by atoms with Gasteiger partial charge in [0.2, 0.25) is 0 Å². The molecule has 0 aliphatic heterocycles. The highest BCUT2D eigenvalue weighted by molar-refractivity contribution is 5.76. The molecule has 2 unspecified atom stereocenters. The van der Waals surface area contributed by atoms with Gasteiger partial charge in [-0.15, -0.1) is 12.3 Å². The molecule has 100 valence electrons. The molecule has 5 heteroatoms. The summed E-state index contributed by atoms with van der Waals surface area (Å²) in [6, 6.07) is -0.652. The molecule has 5 nitrogen and oxygen atoms in total. The maximum absolute atomic E-state index is 11.7. The zero-order valence-corrected chi connectivity index (χ0v) is 10.6. The number of amides is 2. The number of carbonyl (C=O) groups is 2. The number of carboxylic acids is 1. The summed E-state index contributed by atoms with van der Waals surface area (Å²) in [4.78, 5) is 22.4. The summed E-state index contributed by atoms with van der Waals surface area (Å²) in [6.45, 7) is 1.94. The summed E-state index contributed by atoms with van der Waals surface area (Å²) in [5.74, 6) is 1.93. The van der Waals surface area contributed by atoms with Gasteiger partial charge in [-0.1, -0.05) is 6.92 Å². The van der Waals surface area contributed by atoms with Crippen molar-refractivity contribution in [3.8, 4) is 12.3 Å². The van der Waals surface area contributed by atoms with E-state index in [0.29, 0.717) is 12.3 Å². The zero-order valence-electron chi connectivity index (χ0n) is 10.6. The van der Waals surface area contributed by atoms with Crippen LogP contribution in [0.2, 0.25) is 0 Å². The third kappa shape index (κ3) is 5.09. The van der Waals surface area contributed by atoms with Gasteiger partial charge in [-0.05, 0) is 25.2 Å². The molecule has 1 aliphatic carbocycles. The summed E-state index contributed by atoms with van der Waals surface area (Å²) in [7, 11) is 0. The van der Waals surface area contributed by atoms with Crippen LogP contribution in [0.15, 0.2) is 0 Å². The van der Waals surface area contributed by atoms with E-state index in [9.17, 15) is 9.59 Å². The lowest BCUT2D eigenvalue weighted by atomic mass is 10.1. The first-order valence-corrected chi connectivity index (χ1v) is 6.29. The van der Waals surface area contributed by atoms with Gasteiger partial charge in [-0.25, -0.2) is 4.79 Å². The number of hydrogen-bond acceptors (Lipinski definition) is 2. The number of urea groups is 1. The van der Waals surface area contributed by atoms with E-state index in [4.69, 9.17) is 11.5 Å². The molecule has 0 spiro atoms. The zero-order chi connectivity index (χ0) is 13.5. The molecule has 1 saturated carbocycles. The molecule has 18 heavy (non-hydrogen) atoms. The molecular weight excluding hydrogens is 232 g/mol. The number of hydrogen-bond donors (Lipinski definition) is 3. The number of aliphatic carboxylic acids is 1. The Labute approximate surface area is 107 Å². The van der Waals surface area contributed by atoms with Gasteiger partial charge in [0.15, 0.2) is 0 Å². The van der Waals surface area contributed by atoms with Crippen LogP contribution in [0.25, 0.3) is 0 Å². The molecule has 0 saturated heterocycles. The van der Waals surface area contributed by atoms with Crippen molar-refractivity contribution >= 4 is 12.0 Å². The van der Waals surface area contributed by atoms with Gasteiger partial charge in [-0.3, -0.25) is 4.79 Å². The van der Waals surface area contributed by atoms with E-state index in [1.54, 1.807) is 0 Å². The molecule has 0 radical (unpaired) electrons. The number of rotatable bonds is 7. The van der Waals surface area contributed by atoms with Gasteiger partial charge < -0.3 is 15.7 Å². The normalized spacial score (nSPS) is 17.3. The summed E-state index contributed by atoms with van der Waals surface area (Å²) in [5.41, 5.74) is 0. The fourth-order valence-corrected chi connectivity index (χ4v) is 1.86. The Morgan fingerprint density at radius 3 is 2.56 bits per heavy atom. The van der Waals surface area contributed by atoms with E-state index in [1.807, 2.05) is 6.92 Å². The molecule has 2 atom stereocenters. The van der Waals surface area contributed by atoms with E-state index in [0.717, 1.165) is 19.3 Å². The Kier molecular flexibility index (Phi) is 5.50. The monoisotopic (exact) mass is 252 g/mol. The van der Waals surface area contributed by atoms with Crippen molar-refractivity contribution in [2.75, 3.05) is 0 Å². The molecule has 1 rings (SSSR count). The Morgan fingerprint density at radius 1 is 1.44 bits per heavy atom. The van der Waals surface area contributed by atoms with Crippen LogP contribution < -0.4 is 10.6 Å². The molecule has 0 bridgehead atoms. The molecule has 0 aromatic rings. The van der Waals surface area contributed by atoms with E-state index in [-0.39, 0.29) is 24.5 Å². The van der Waals surface area contributed by atoms with Crippen LogP contribution in [0.4, 0.5) is 4.79 Å². The predicted molar refractivity (Wildman–Crippen MR) is 68.0 cm³/mol. The number of carbonyl (C=O) groups excluding carboxylic acids is 1. The van der Waals surface area contributed by atoms with E-state index >= 15 is 0 Å². The number of nitrogens with one attached hydrogen (secondary N) is 2. The van der Waals surface area contributed by atoms with Crippen molar-refractivity contribution in [3.63, 3.8) is 0 Å². The SMILES string of the molecule is C#CCC(CC)NC(=O)NC(CC(=O)O)C1CC1. The van der Waals surface area contributed by atoms with Crippen molar-refractivity contribution in [2.45, 2.75) is 51.1 Å². The number of carboxylic acid groups (broad SMARTS) is 1. The van der Waals surface area contributed by atoms with Crippen LogP contribution in [0, 0.1) is 18.3 Å². The van der Waals surface area contributed by atoms with E-state index in [1.165, 1.54) is 0 Å². The second kappa shape index (κ2) is 6.90. The summed E-state index contributed by atoms with van der Waals surface area (Å²) < 4.78 is 0. The van der Waals surface area contributed by atoms with Crippen molar-refractivity contribution in [1.29, 1.82) is 0 Å². The second-order valence-electron chi connectivity index (χ2n) is 4.67. The lowest BCUT2D eigenvalue weighted by molar-refractivity contribution is -0.137. The Balaban J connectivity index is 2.40. The van der Waals surface area contributed by atoms with Gasteiger partial charge in [0, 0.05) is 18.5 Å². The number of terminal acetylenes is 1. The third-order valence-electron chi connectivity index (χ3n) is 3.09. The van der Waals surface area contributed by atoms with Crippen LogP contribution in [0.3, 0.4) is 0 Å². The quantitative estimate of drug-likeness (QED) is 0.598. The molecular formula is C13H20N2O3. The molecule has 1 aliphatic rings. The van der Waals surface area contributed by atoms with Crippen LogP contribution in [0.5, 0.6) is 0 Å². The highest BCUT2D eigenvalue weighted by Gasteiger charge is 2.33. The predicted octanol–water partition coefficient (Wildman–Crippen LogP) is 1.34. The summed E-state index contributed by atoms with van der Waals surface area (Å²) >= 11 is 0. The van der Waals surface area contributed by atoms with Crippen molar-refractivity contribution < 1.29 is 14.7 Å². The fourth-order valence-electron chi connectivity index (χ4n) is 1.86. The van der Waals surface area contributed by atoms with Crippen LogP contribution >= 0.6 is 0 Å². The fraction of sp³-hybridized carbons (Fsp3) is 0.692. The van der Waals surface area contributed by atoms with Gasteiger partial charge in [0.25, 0.3) is 0 Å². The summed E-state index contributed by atoms with van der Waals surface area (Å²) in [5, 5.41) is 14.3. The average Bonchev–Trinajstić information content (AvgIpc) is 3.10. The van der Waals surface area contributed by atoms with Gasteiger partial charge in [0.1, 0.15) is 0 Å². The Bertz CT molecular complexity index is 345. The maximum Gasteiger partial charge on any atom is 0.315 e. The van der Waals surface area contributed by atoms with E-state index < -0.39 is 5.97 Å². The topological polar surface area (TPSA) is 78.4 Å². The molecule has 0 heterocycles. The molecule has 1 fully saturated rings. The highest BCUT2D eigenvalue weighted by atomic mass is 16.4. The van der Waals surface area contributed by atoms with Gasteiger partial charge in [-0.2, -0.15) is 0 Å². The molecule has 0 aromatic heterocycles. The van der Waals surface area contributed by atoms with Crippen molar-refractivity contribution in [2.24, 2.45) is 5.92 Å². The first kappa shape index (κ1) is 14.4. The Hall–Kier alpha value is -1.70. The molecule has 2 amide bonds. The van der Waals surface area contributed by atoms with Crippen LogP contribution in [-0.2, 0) is 4.79 Å². The van der Waals surface area contributed by atoms with Crippen molar-refractivity contribution in [3.05, 3.63) is 0 Å². The lowest BCUT2D eigenvalue weighted by Gasteiger charge is -2.20.